The minimum absolute atomic E-state index is 0.00876. The van der Waals surface area contributed by atoms with E-state index in [4.69, 9.17) is 4.74 Å². The quantitative estimate of drug-likeness (QED) is 0.217. The summed E-state index contributed by atoms with van der Waals surface area (Å²) in [5.74, 6) is 0.295. The van der Waals surface area contributed by atoms with Crippen molar-refractivity contribution in [1.29, 1.82) is 0 Å². The molecular formula is C27H29IN2O5S2. The summed E-state index contributed by atoms with van der Waals surface area (Å²) >= 11 is 2.13. The lowest BCUT2D eigenvalue weighted by molar-refractivity contribution is 0.414. The van der Waals surface area contributed by atoms with Gasteiger partial charge in [0.1, 0.15) is 11.4 Å². The van der Waals surface area contributed by atoms with Crippen molar-refractivity contribution in [3.63, 3.8) is 0 Å². The van der Waals surface area contributed by atoms with Gasteiger partial charge in [-0.1, -0.05) is 49.4 Å². The summed E-state index contributed by atoms with van der Waals surface area (Å²) in [6.45, 7) is 6.27. The SMILES string of the molecule is C=CCCN(c1c(OC)cc2c(c1I)C(C)CCN2S(=O)(=O)c1ccccc1)S(=O)(=O)c1ccccc1. The molecule has 1 aliphatic rings. The third-order valence-corrected chi connectivity index (χ3v) is 11.1. The molecule has 196 valence electrons. The normalized spacial score (nSPS) is 15.6. The van der Waals surface area contributed by atoms with E-state index in [1.807, 2.05) is 6.92 Å². The van der Waals surface area contributed by atoms with Gasteiger partial charge in [-0.05, 0) is 71.2 Å². The highest BCUT2D eigenvalue weighted by atomic mass is 127. The molecule has 1 heterocycles. The first-order valence-corrected chi connectivity index (χ1v) is 15.8. The van der Waals surface area contributed by atoms with E-state index in [1.54, 1.807) is 72.8 Å². The summed E-state index contributed by atoms with van der Waals surface area (Å²) < 4.78 is 64.1. The number of hydrogen-bond acceptors (Lipinski definition) is 5. The molecule has 10 heteroatoms. The molecule has 0 bridgehead atoms. The summed E-state index contributed by atoms with van der Waals surface area (Å²) in [4.78, 5) is 0.365. The Morgan fingerprint density at radius 1 is 1.05 bits per heavy atom. The number of benzene rings is 3. The van der Waals surface area contributed by atoms with E-state index in [2.05, 4.69) is 29.2 Å². The van der Waals surface area contributed by atoms with Crippen LogP contribution in [-0.4, -0.2) is 37.0 Å². The Morgan fingerprint density at radius 2 is 1.65 bits per heavy atom. The zero-order valence-corrected chi connectivity index (χ0v) is 24.5. The second-order valence-electron chi connectivity index (χ2n) is 8.72. The van der Waals surface area contributed by atoms with E-state index in [0.717, 1.165) is 5.56 Å². The number of fused-ring (bicyclic) bond motifs is 1. The first-order chi connectivity index (χ1) is 17.6. The highest BCUT2D eigenvalue weighted by Crippen LogP contribution is 2.49. The number of hydrogen-bond donors (Lipinski definition) is 0. The summed E-state index contributed by atoms with van der Waals surface area (Å²) in [6, 6.07) is 18.2. The van der Waals surface area contributed by atoms with Gasteiger partial charge < -0.3 is 4.74 Å². The van der Waals surface area contributed by atoms with Crippen molar-refractivity contribution in [2.24, 2.45) is 0 Å². The van der Waals surface area contributed by atoms with Gasteiger partial charge in [0, 0.05) is 22.7 Å². The number of ether oxygens (including phenoxy) is 1. The molecule has 0 fully saturated rings. The fraction of sp³-hybridized carbons (Fsp3) is 0.259. The maximum absolute atomic E-state index is 13.8. The van der Waals surface area contributed by atoms with Gasteiger partial charge in [-0.2, -0.15) is 0 Å². The van der Waals surface area contributed by atoms with Crippen molar-refractivity contribution in [3.8, 4) is 5.75 Å². The van der Waals surface area contributed by atoms with Crippen molar-refractivity contribution >= 4 is 54.0 Å². The van der Waals surface area contributed by atoms with Crippen LogP contribution in [0.3, 0.4) is 0 Å². The van der Waals surface area contributed by atoms with Crippen molar-refractivity contribution < 1.29 is 21.6 Å². The van der Waals surface area contributed by atoms with E-state index >= 15 is 0 Å². The van der Waals surface area contributed by atoms with Crippen LogP contribution in [0.2, 0.25) is 0 Å². The van der Waals surface area contributed by atoms with E-state index in [9.17, 15) is 16.8 Å². The summed E-state index contributed by atoms with van der Waals surface area (Å²) in [5, 5.41) is 0. The van der Waals surface area contributed by atoms with Gasteiger partial charge in [-0.3, -0.25) is 8.61 Å². The molecule has 0 saturated heterocycles. The van der Waals surface area contributed by atoms with Crippen LogP contribution in [0.5, 0.6) is 5.75 Å². The summed E-state index contributed by atoms with van der Waals surface area (Å²) in [6.07, 6.45) is 2.69. The molecule has 4 rings (SSSR count). The van der Waals surface area contributed by atoms with Crippen LogP contribution in [-0.2, 0) is 20.0 Å². The molecular weight excluding hydrogens is 623 g/mol. The molecule has 3 aromatic rings. The Bertz CT molecular complexity index is 1490. The number of halogens is 1. The Morgan fingerprint density at radius 3 is 2.22 bits per heavy atom. The van der Waals surface area contributed by atoms with Crippen LogP contribution in [0.15, 0.2) is 89.2 Å². The van der Waals surface area contributed by atoms with Crippen molar-refractivity contribution in [1.82, 2.24) is 0 Å². The minimum Gasteiger partial charge on any atom is -0.494 e. The monoisotopic (exact) mass is 652 g/mol. The highest BCUT2D eigenvalue weighted by Gasteiger charge is 2.37. The molecule has 1 atom stereocenters. The number of sulfonamides is 2. The van der Waals surface area contributed by atoms with E-state index in [1.165, 1.54) is 15.7 Å². The molecule has 1 unspecified atom stereocenters. The topological polar surface area (TPSA) is 84.0 Å². The molecule has 7 nitrogen and oxygen atoms in total. The van der Waals surface area contributed by atoms with Crippen molar-refractivity contribution in [2.75, 3.05) is 28.8 Å². The minimum atomic E-state index is -3.94. The fourth-order valence-corrected chi connectivity index (χ4v) is 9.07. The Labute approximate surface area is 233 Å². The fourth-order valence-electron chi connectivity index (χ4n) is 4.51. The first kappa shape index (κ1) is 27.5. The third kappa shape index (κ3) is 5.10. The average Bonchev–Trinajstić information content (AvgIpc) is 2.90. The zero-order valence-electron chi connectivity index (χ0n) is 20.7. The Hall–Kier alpha value is -2.57. The van der Waals surface area contributed by atoms with Gasteiger partial charge in [-0.25, -0.2) is 16.8 Å². The second kappa shape index (κ2) is 11.0. The van der Waals surface area contributed by atoms with Gasteiger partial charge >= 0.3 is 0 Å². The van der Waals surface area contributed by atoms with E-state index in [-0.39, 0.29) is 28.0 Å². The third-order valence-electron chi connectivity index (χ3n) is 6.42. The second-order valence-corrected chi connectivity index (χ2v) is 13.5. The van der Waals surface area contributed by atoms with Crippen LogP contribution in [0.1, 0.15) is 31.2 Å². The highest BCUT2D eigenvalue weighted by molar-refractivity contribution is 14.1. The molecule has 0 aromatic heterocycles. The molecule has 0 radical (unpaired) electrons. The van der Waals surface area contributed by atoms with Crippen molar-refractivity contribution in [3.05, 3.63) is 88.5 Å². The first-order valence-electron chi connectivity index (χ1n) is 11.8. The molecule has 0 amide bonds. The molecule has 1 aliphatic heterocycles. The molecule has 0 saturated carbocycles. The zero-order chi connectivity index (χ0) is 26.8. The molecule has 0 aliphatic carbocycles. The largest absolute Gasteiger partial charge is 0.494 e. The lowest BCUT2D eigenvalue weighted by atomic mass is 9.92. The van der Waals surface area contributed by atoms with Gasteiger partial charge in [0.15, 0.2) is 0 Å². The van der Waals surface area contributed by atoms with Crippen LogP contribution in [0.4, 0.5) is 11.4 Å². The number of nitrogens with zero attached hydrogens (tertiary/aromatic N) is 2. The lowest BCUT2D eigenvalue weighted by Crippen LogP contribution is -2.38. The number of anilines is 2. The summed E-state index contributed by atoms with van der Waals surface area (Å²) in [7, 11) is -6.31. The van der Waals surface area contributed by atoms with E-state index < -0.39 is 20.0 Å². The van der Waals surface area contributed by atoms with E-state index in [0.29, 0.717) is 34.3 Å². The summed E-state index contributed by atoms with van der Waals surface area (Å²) in [5.41, 5.74) is 1.70. The predicted molar refractivity (Wildman–Crippen MR) is 156 cm³/mol. The Balaban J connectivity index is 1.95. The lowest BCUT2D eigenvalue weighted by Gasteiger charge is -2.37. The van der Waals surface area contributed by atoms with Gasteiger partial charge in [0.2, 0.25) is 0 Å². The van der Waals surface area contributed by atoms with Crippen LogP contribution in [0.25, 0.3) is 0 Å². The Kier molecular flexibility index (Phi) is 8.20. The maximum Gasteiger partial charge on any atom is 0.264 e. The predicted octanol–water partition coefficient (Wildman–Crippen LogP) is 5.77. The average molecular weight is 653 g/mol. The number of rotatable bonds is 9. The van der Waals surface area contributed by atoms with Crippen molar-refractivity contribution in [2.45, 2.75) is 35.5 Å². The molecule has 0 spiro atoms. The maximum atomic E-state index is 13.8. The standard InChI is InChI=1S/C27H29IN2O5S2/c1-4-5-17-30(37(33,34)22-14-10-7-11-15-22)27-24(35-3)19-23-25(26(27)28)20(2)16-18-29(23)36(31,32)21-12-8-6-9-13-21/h4,6-15,19-20H,1,5,16-18H2,2-3H3. The van der Waals surface area contributed by atoms with Gasteiger partial charge in [0.05, 0.1) is 22.6 Å². The van der Waals surface area contributed by atoms with Gasteiger partial charge in [-0.15, -0.1) is 6.58 Å². The molecule has 0 N–H and O–H groups in total. The number of methoxy groups -OCH3 is 1. The van der Waals surface area contributed by atoms with Gasteiger partial charge in [0.25, 0.3) is 20.0 Å². The molecule has 3 aromatic carbocycles. The van der Waals surface area contributed by atoms with Crippen LogP contribution < -0.4 is 13.3 Å². The van der Waals surface area contributed by atoms with Crippen LogP contribution >= 0.6 is 22.6 Å². The molecule has 37 heavy (non-hydrogen) atoms. The smallest absolute Gasteiger partial charge is 0.264 e. The van der Waals surface area contributed by atoms with Crippen LogP contribution in [0, 0.1) is 3.57 Å².